The van der Waals surface area contributed by atoms with Crippen LogP contribution in [0.4, 0.5) is 0 Å². The quantitative estimate of drug-likeness (QED) is 0.824. The van der Waals surface area contributed by atoms with Gasteiger partial charge >= 0.3 is 0 Å². The summed E-state index contributed by atoms with van der Waals surface area (Å²) < 4.78 is 0. The Labute approximate surface area is 160 Å². The Morgan fingerprint density at radius 1 is 1.32 bits per heavy atom. The van der Waals surface area contributed by atoms with Crippen molar-refractivity contribution in [3.8, 4) is 0 Å². The van der Waals surface area contributed by atoms with E-state index in [2.05, 4.69) is 5.32 Å². The van der Waals surface area contributed by atoms with Crippen molar-refractivity contribution in [2.24, 2.45) is 0 Å². The predicted molar refractivity (Wildman–Crippen MR) is 101 cm³/mol. The molecule has 1 aliphatic heterocycles. The summed E-state index contributed by atoms with van der Waals surface area (Å²) >= 11 is 13.5. The van der Waals surface area contributed by atoms with Crippen molar-refractivity contribution in [1.29, 1.82) is 0 Å². The number of benzene rings is 1. The van der Waals surface area contributed by atoms with Crippen molar-refractivity contribution in [3.05, 3.63) is 56.2 Å². The van der Waals surface area contributed by atoms with E-state index in [4.69, 9.17) is 23.2 Å². The fourth-order valence-electron chi connectivity index (χ4n) is 3.06. The highest BCUT2D eigenvalue weighted by Gasteiger charge is 2.35. The molecule has 0 saturated carbocycles. The smallest absolute Gasteiger partial charge is 0.264 e. The van der Waals surface area contributed by atoms with Crippen LogP contribution in [0.25, 0.3) is 0 Å². The highest BCUT2D eigenvalue weighted by Crippen LogP contribution is 2.27. The van der Waals surface area contributed by atoms with Gasteiger partial charge in [-0.05, 0) is 48.9 Å². The molecule has 7 heteroatoms. The molecule has 132 valence electrons. The van der Waals surface area contributed by atoms with E-state index in [1.54, 1.807) is 29.2 Å². The topological polar surface area (TPSA) is 49.4 Å². The van der Waals surface area contributed by atoms with Crippen molar-refractivity contribution in [1.82, 2.24) is 10.2 Å². The van der Waals surface area contributed by atoms with Crippen LogP contribution in [0.3, 0.4) is 0 Å². The fraction of sp³-hybridized carbons (Fsp3) is 0.333. The minimum absolute atomic E-state index is 0.0789. The van der Waals surface area contributed by atoms with Gasteiger partial charge in [-0.3, -0.25) is 9.59 Å². The largest absolute Gasteiger partial charge is 0.348 e. The number of hydrogen-bond acceptors (Lipinski definition) is 3. The highest BCUT2D eigenvalue weighted by molar-refractivity contribution is 7.12. The fourth-order valence-corrected chi connectivity index (χ4v) is 4.32. The van der Waals surface area contributed by atoms with Crippen LogP contribution in [0.2, 0.25) is 10.0 Å². The van der Waals surface area contributed by atoms with Crippen molar-refractivity contribution < 1.29 is 9.59 Å². The molecule has 2 aromatic rings. The number of thiophene rings is 1. The molecule has 1 saturated heterocycles. The lowest BCUT2D eigenvalue weighted by atomic mass is 10.1. The number of hydrogen-bond donors (Lipinski definition) is 1. The van der Waals surface area contributed by atoms with Crippen LogP contribution < -0.4 is 5.32 Å². The number of likely N-dealkylation sites (tertiary alicyclic amines) is 1. The molecule has 0 aliphatic carbocycles. The Kier molecular flexibility index (Phi) is 5.67. The molecule has 0 spiro atoms. The molecular weight excluding hydrogens is 379 g/mol. The molecule has 1 N–H and O–H groups in total. The summed E-state index contributed by atoms with van der Waals surface area (Å²) in [5.74, 6) is -0.231. The first-order valence-electron chi connectivity index (χ1n) is 8.07. The second-order valence-corrected chi connectivity index (χ2v) is 7.82. The zero-order chi connectivity index (χ0) is 18.0. The average Bonchev–Trinajstić information content (AvgIpc) is 3.25. The summed E-state index contributed by atoms with van der Waals surface area (Å²) in [5.41, 5.74) is 0.800. The Morgan fingerprint density at radius 3 is 2.80 bits per heavy atom. The molecule has 2 atom stereocenters. The number of carbonyl (C=O) groups excluding carboxylic acids is 2. The molecule has 0 bridgehead atoms. The number of nitrogens with zero attached hydrogens (tertiary/aromatic N) is 1. The maximum Gasteiger partial charge on any atom is 0.264 e. The van der Waals surface area contributed by atoms with Gasteiger partial charge in [-0.1, -0.05) is 35.3 Å². The van der Waals surface area contributed by atoms with Crippen molar-refractivity contribution in [2.75, 3.05) is 6.54 Å². The Morgan fingerprint density at radius 2 is 2.12 bits per heavy atom. The van der Waals surface area contributed by atoms with Gasteiger partial charge in [0.15, 0.2) is 0 Å². The first kappa shape index (κ1) is 18.2. The molecular formula is C18H18Cl2N2O2S. The highest BCUT2D eigenvalue weighted by atomic mass is 35.5. The molecule has 2 amide bonds. The predicted octanol–water partition coefficient (Wildman–Crippen LogP) is 4.54. The van der Waals surface area contributed by atoms with E-state index in [1.165, 1.54) is 11.3 Å². The van der Waals surface area contributed by atoms with E-state index < -0.39 is 6.04 Å². The van der Waals surface area contributed by atoms with Gasteiger partial charge in [-0.25, -0.2) is 0 Å². The lowest BCUT2D eigenvalue weighted by molar-refractivity contribution is -0.125. The standard InChI is InChI=1S/C18H18Cl2N2O2S/c1-11(13-7-6-12(19)10-14(13)20)21-17(23)15-4-2-8-22(15)18(24)16-5-3-9-25-16/h3,5-7,9-11,15H,2,4,8H2,1H3,(H,21,23)/t11-,15+/m0/s1. The number of halogens is 2. The Bertz CT molecular complexity index is 779. The van der Waals surface area contributed by atoms with Gasteiger partial charge in [0.05, 0.1) is 10.9 Å². The maximum absolute atomic E-state index is 12.7. The third kappa shape index (κ3) is 4.00. The van der Waals surface area contributed by atoms with E-state index in [0.29, 0.717) is 27.9 Å². The van der Waals surface area contributed by atoms with E-state index in [9.17, 15) is 9.59 Å². The van der Waals surface area contributed by atoms with Crippen LogP contribution in [0.1, 0.15) is 41.0 Å². The van der Waals surface area contributed by atoms with Gasteiger partial charge in [0.2, 0.25) is 5.91 Å². The molecule has 1 fully saturated rings. The Balaban J connectivity index is 1.70. The summed E-state index contributed by atoms with van der Waals surface area (Å²) in [5, 5.41) is 5.90. The van der Waals surface area contributed by atoms with Crippen molar-refractivity contribution >= 4 is 46.4 Å². The normalized spacial score (nSPS) is 18.2. The SMILES string of the molecule is C[C@H](NC(=O)[C@H]1CCCN1C(=O)c1cccs1)c1ccc(Cl)cc1Cl. The molecule has 3 rings (SSSR count). The molecule has 25 heavy (non-hydrogen) atoms. The van der Waals surface area contributed by atoms with Crippen LogP contribution >= 0.6 is 34.5 Å². The van der Waals surface area contributed by atoms with Gasteiger partial charge in [-0.2, -0.15) is 0 Å². The van der Waals surface area contributed by atoms with Gasteiger partial charge < -0.3 is 10.2 Å². The molecule has 0 radical (unpaired) electrons. The van der Waals surface area contributed by atoms with Crippen LogP contribution in [0.15, 0.2) is 35.7 Å². The van der Waals surface area contributed by atoms with Crippen molar-refractivity contribution in [2.45, 2.75) is 31.8 Å². The zero-order valence-electron chi connectivity index (χ0n) is 13.7. The third-order valence-corrected chi connectivity index (χ3v) is 5.76. The molecule has 1 aromatic heterocycles. The lowest BCUT2D eigenvalue weighted by Gasteiger charge is -2.25. The number of rotatable bonds is 4. The summed E-state index contributed by atoms with van der Waals surface area (Å²) in [6, 6.07) is 8.12. The second-order valence-electron chi connectivity index (χ2n) is 6.03. The van der Waals surface area contributed by atoms with Gasteiger partial charge in [0, 0.05) is 16.6 Å². The van der Waals surface area contributed by atoms with Gasteiger partial charge in [0.25, 0.3) is 5.91 Å². The summed E-state index contributed by atoms with van der Waals surface area (Å²) in [4.78, 5) is 27.6. The molecule has 2 heterocycles. The Hall–Kier alpha value is -1.56. The second kappa shape index (κ2) is 7.77. The summed E-state index contributed by atoms with van der Waals surface area (Å²) in [6.45, 7) is 2.47. The van der Waals surface area contributed by atoms with Crippen LogP contribution in [0.5, 0.6) is 0 Å². The zero-order valence-corrected chi connectivity index (χ0v) is 16.0. The van der Waals surface area contributed by atoms with Gasteiger partial charge in [0.1, 0.15) is 6.04 Å². The number of carbonyl (C=O) groups is 2. The van der Waals surface area contributed by atoms with E-state index >= 15 is 0 Å². The van der Waals surface area contributed by atoms with Crippen LogP contribution in [-0.2, 0) is 4.79 Å². The molecule has 4 nitrogen and oxygen atoms in total. The van der Waals surface area contributed by atoms with Crippen LogP contribution in [-0.4, -0.2) is 29.3 Å². The lowest BCUT2D eigenvalue weighted by Crippen LogP contribution is -2.46. The third-order valence-electron chi connectivity index (χ3n) is 4.34. The minimum atomic E-state index is -0.442. The van der Waals surface area contributed by atoms with E-state index in [1.807, 2.05) is 18.4 Å². The molecule has 1 aliphatic rings. The molecule has 1 aromatic carbocycles. The van der Waals surface area contributed by atoms with Crippen LogP contribution in [0, 0.1) is 0 Å². The van der Waals surface area contributed by atoms with Gasteiger partial charge in [-0.15, -0.1) is 11.3 Å². The first-order valence-corrected chi connectivity index (χ1v) is 9.70. The maximum atomic E-state index is 12.7. The number of amides is 2. The minimum Gasteiger partial charge on any atom is -0.348 e. The van der Waals surface area contributed by atoms with E-state index in [-0.39, 0.29) is 17.9 Å². The summed E-state index contributed by atoms with van der Waals surface area (Å²) in [6.07, 6.45) is 1.50. The first-order chi connectivity index (χ1) is 12.0. The molecule has 0 unspecified atom stereocenters. The number of nitrogens with one attached hydrogen (secondary N) is 1. The summed E-state index contributed by atoms with van der Waals surface area (Å²) in [7, 11) is 0. The van der Waals surface area contributed by atoms with E-state index in [0.717, 1.165) is 12.0 Å². The monoisotopic (exact) mass is 396 g/mol. The van der Waals surface area contributed by atoms with Crippen molar-refractivity contribution in [3.63, 3.8) is 0 Å². The average molecular weight is 397 g/mol.